The van der Waals surface area contributed by atoms with Gasteiger partial charge in [0.1, 0.15) is 0 Å². The van der Waals surface area contributed by atoms with Crippen molar-refractivity contribution < 1.29 is 18.0 Å². The van der Waals surface area contributed by atoms with Crippen LogP contribution in [0.4, 0.5) is 11.4 Å². The lowest BCUT2D eigenvalue weighted by atomic mass is 10.1. The summed E-state index contributed by atoms with van der Waals surface area (Å²) in [6, 6.07) is 18.2. The van der Waals surface area contributed by atoms with Crippen molar-refractivity contribution in [3.05, 3.63) is 89.0 Å². The van der Waals surface area contributed by atoms with Gasteiger partial charge in [-0.05, 0) is 67.8 Å². The molecule has 3 aromatic rings. The molecule has 0 aliphatic heterocycles. The second-order valence-electron chi connectivity index (χ2n) is 7.71. The maximum absolute atomic E-state index is 13.0. The van der Waals surface area contributed by atoms with E-state index in [0.29, 0.717) is 29.0 Å². The van der Waals surface area contributed by atoms with E-state index >= 15 is 0 Å². The number of amides is 2. The van der Waals surface area contributed by atoms with Gasteiger partial charge in [-0.1, -0.05) is 37.3 Å². The number of anilines is 2. The highest BCUT2D eigenvalue weighted by molar-refractivity contribution is 7.92. The molecule has 0 aliphatic rings. The SMILES string of the molecule is CCCNC(=O)c1ccccc1NC(=O)c1ccc(C)c(S(=O)(=O)Nc2cccc(C)c2)c1. The minimum Gasteiger partial charge on any atom is -0.352 e. The number of hydrogen-bond acceptors (Lipinski definition) is 4. The highest BCUT2D eigenvalue weighted by Gasteiger charge is 2.20. The number of para-hydroxylation sites is 1. The first kappa shape index (κ1) is 24.0. The molecular weight excluding hydrogens is 438 g/mol. The van der Waals surface area contributed by atoms with Crippen LogP contribution in [-0.2, 0) is 10.0 Å². The number of hydrogen-bond donors (Lipinski definition) is 3. The topological polar surface area (TPSA) is 104 Å². The third-order valence-corrected chi connectivity index (χ3v) is 6.49. The number of carbonyl (C=O) groups excluding carboxylic acids is 2. The molecule has 0 atom stereocenters. The van der Waals surface area contributed by atoms with E-state index in [1.807, 2.05) is 19.9 Å². The molecule has 0 bridgehead atoms. The minimum absolute atomic E-state index is 0.00521. The quantitative estimate of drug-likeness (QED) is 0.456. The van der Waals surface area contributed by atoms with Crippen LogP contribution in [0.25, 0.3) is 0 Å². The summed E-state index contributed by atoms with van der Waals surface area (Å²) in [4.78, 5) is 25.4. The largest absolute Gasteiger partial charge is 0.352 e. The monoisotopic (exact) mass is 465 g/mol. The molecule has 0 aromatic heterocycles. The fourth-order valence-corrected chi connectivity index (χ4v) is 4.59. The number of benzene rings is 3. The summed E-state index contributed by atoms with van der Waals surface area (Å²) >= 11 is 0. The Morgan fingerprint density at radius 3 is 2.36 bits per heavy atom. The van der Waals surface area contributed by atoms with E-state index in [2.05, 4.69) is 15.4 Å². The van der Waals surface area contributed by atoms with Gasteiger partial charge in [0, 0.05) is 17.8 Å². The first-order chi connectivity index (χ1) is 15.7. The zero-order valence-corrected chi connectivity index (χ0v) is 19.6. The first-order valence-corrected chi connectivity index (χ1v) is 12.1. The van der Waals surface area contributed by atoms with E-state index in [9.17, 15) is 18.0 Å². The maximum atomic E-state index is 13.0. The van der Waals surface area contributed by atoms with Crippen LogP contribution in [0.3, 0.4) is 0 Å². The molecule has 3 rings (SSSR count). The van der Waals surface area contributed by atoms with Gasteiger partial charge in [-0.25, -0.2) is 8.42 Å². The smallest absolute Gasteiger partial charge is 0.262 e. The van der Waals surface area contributed by atoms with Crippen molar-refractivity contribution in [3.8, 4) is 0 Å². The van der Waals surface area contributed by atoms with Crippen LogP contribution >= 0.6 is 0 Å². The molecule has 0 radical (unpaired) electrons. The van der Waals surface area contributed by atoms with Gasteiger partial charge in [0.15, 0.2) is 0 Å². The molecule has 0 heterocycles. The Morgan fingerprint density at radius 2 is 1.64 bits per heavy atom. The number of aryl methyl sites for hydroxylation is 2. The van der Waals surface area contributed by atoms with Crippen molar-refractivity contribution in [1.29, 1.82) is 0 Å². The normalized spacial score (nSPS) is 11.0. The molecular formula is C25H27N3O4S. The molecule has 2 amide bonds. The fraction of sp³-hybridized carbons (Fsp3) is 0.200. The third kappa shape index (κ3) is 5.98. The lowest BCUT2D eigenvalue weighted by molar-refractivity contribution is 0.0954. The summed E-state index contributed by atoms with van der Waals surface area (Å²) in [7, 11) is -3.92. The summed E-state index contributed by atoms with van der Waals surface area (Å²) in [5.74, 6) is -0.806. The van der Waals surface area contributed by atoms with E-state index < -0.39 is 15.9 Å². The van der Waals surface area contributed by atoms with Gasteiger partial charge in [0.05, 0.1) is 16.1 Å². The summed E-state index contributed by atoms with van der Waals surface area (Å²) in [6.45, 7) is 6.01. The van der Waals surface area contributed by atoms with Crippen molar-refractivity contribution in [2.24, 2.45) is 0 Å². The Bertz CT molecular complexity index is 1290. The van der Waals surface area contributed by atoms with Gasteiger partial charge in [-0.15, -0.1) is 0 Å². The molecule has 33 heavy (non-hydrogen) atoms. The summed E-state index contributed by atoms with van der Waals surface area (Å²) in [5, 5.41) is 5.51. The van der Waals surface area contributed by atoms with Crippen LogP contribution < -0.4 is 15.4 Å². The van der Waals surface area contributed by atoms with Crippen LogP contribution in [0.1, 0.15) is 45.2 Å². The minimum atomic E-state index is -3.92. The van der Waals surface area contributed by atoms with E-state index in [0.717, 1.165) is 12.0 Å². The number of sulfonamides is 1. The first-order valence-electron chi connectivity index (χ1n) is 10.6. The molecule has 0 spiro atoms. The van der Waals surface area contributed by atoms with Crippen LogP contribution in [0, 0.1) is 13.8 Å². The molecule has 0 saturated heterocycles. The van der Waals surface area contributed by atoms with E-state index in [1.54, 1.807) is 61.5 Å². The molecule has 0 unspecified atom stereocenters. The summed E-state index contributed by atoms with van der Waals surface area (Å²) in [5.41, 5.74) is 2.71. The molecule has 7 nitrogen and oxygen atoms in total. The Morgan fingerprint density at radius 1 is 0.879 bits per heavy atom. The lowest BCUT2D eigenvalue weighted by Crippen LogP contribution is -2.26. The van der Waals surface area contributed by atoms with E-state index in [4.69, 9.17) is 0 Å². The number of rotatable bonds is 8. The van der Waals surface area contributed by atoms with Crippen molar-refractivity contribution in [1.82, 2.24) is 5.32 Å². The fourth-order valence-electron chi connectivity index (χ4n) is 3.27. The van der Waals surface area contributed by atoms with Crippen molar-refractivity contribution in [3.63, 3.8) is 0 Å². The van der Waals surface area contributed by atoms with Crippen LogP contribution in [0.5, 0.6) is 0 Å². The Labute approximate surface area is 194 Å². The van der Waals surface area contributed by atoms with Gasteiger partial charge in [-0.3, -0.25) is 14.3 Å². The molecule has 0 saturated carbocycles. The van der Waals surface area contributed by atoms with Gasteiger partial charge in [0.2, 0.25) is 0 Å². The van der Waals surface area contributed by atoms with Crippen LogP contribution in [-0.4, -0.2) is 26.8 Å². The molecule has 3 N–H and O–H groups in total. The van der Waals surface area contributed by atoms with E-state index in [1.165, 1.54) is 6.07 Å². The number of nitrogens with one attached hydrogen (secondary N) is 3. The maximum Gasteiger partial charge on any atom is 0.262 e. The Kier molecular flexibility index (Phi) is 7.50. The van der Waals surface area contributed by atoms with Gasteiger partial charge in [0.25, 0.3) is 21.8 Å². The highest BCUT2D eigenvalue weighted by Crippen LogP contribution is 2.23. The molecule has 0 aliphatic carbocycles. The zero-order valence-electron chi connectivity index (χ0n) is 18.8. The predicted octanol–water partition coefficient (Wildman–Crippen LogP) is 4.50. The lowest BCUT2D eigenvalue weighted by Gasteiger charge is -2.14. The second-order valence-corrected chi connectivity index (χ2v) is 9.36. The molecule has 8 heteroatoms. The standard InChI is InChI=1S/C25H27N3O4S/c1-4-14-26-25(30)21-10-5-6-11-22(21)27-24(29)19-13-12-18(3)23(16-19)33(31,32)28-20-9-7-8-17(2)15-20/h5-13,15-16,28H,4,14H2,1-3H3,(H,26,30)(H,27,29). The number of carbonyl (C=O) groups is 2. The van der Waals surface area contributed by atoms with Gasteiger partial charge < -0.3 is 10.6 Å². The molecule has 172 valence electrons. The zero-order chi connectivity index (χ0) is 24.0. The van der Waals surface area contributed by atoms with Crippen molar-refractivity contribution in [2.75, 3.05) is 16.6 Å². The predicted molar refractivity (Wildman–Crippen MR) is 130 cm³/mol. The average molecular weight is 466 g/mol. The van der Waals surface area contributed by atoms with Gasteiger partial charge in [-0.2, -0.15) is 0 Å². The van der Waals surface area contributed by atoms with Crippen molar-refractivity contribution in [2.45, 2.75) is 32.1 Å². The average Bonchev–Trinajstić information content (AvgIpc) is 2.77. The Hall–Kier alpha value is -3.65. The third-order valence-electron chi connectivity index (χ3n) is 4.97. The Balaban J connectivity index is 1.87. The molecule has 3 aromatic carbocycles. The molecule has 0 fully saturated rings. The van der Waals surface area contributed by atoms with E-state index in [-0.39, 0.29) is 16.4 Å². The highest BCUT2D eigenvalue weighted by atomic mass is 32.2. The van der Waals surface area contributed by atoms with Crippen molar-refractivity contribution >= 4 is 33.2 Å². The summed E-state index contributed by atoms with van der Waals surface area (Å²) < 4.78 is 28.6. The van der Waals surface area contributed by atoms with Crippen LogP contribution in [0.2, 0.25) is 0 Å². The van der Waals surface area contributed by atoms with Gasteiger partial charge >= 0.3 is 0 Å². The summed E-state index contributed by atoms with van der Waals surface area (Å²) in [6.07, 6.45) is 0.789. The van der Waals surface area contributed by atoms with Crippen LogP contribution in [0.15, 0.2) is 71.6 Å². The second kappa shape index (κ2) is 10.3.